The molecule has 1 saturated heterocycles. The van der Waals surface area contributed by atoms with Gasteiger partial charge in [-0.3, -0.25) is 0 Å². The van der Waals surface area contributed by atoms with Gasteiger partial charge >= 0.3 is 0 Å². The third-order valence-corrected chi connectivity index (χ3v) is 2.93. The van der Waals surface area contributed by atoms with Crippen LogP contribution >= 0.6 is 0 Å². The van der Waals surface area contributed by atoms with Gasteiger partial charge in [0.15, 0.2) is 0 Å². The first-order valence-corrected chi connectivity index (χ1v) is 3.66. The van der Waals surface area contributed by atoms with Gasteiger partial charge in [0, 0.05) is 0 Å². The third-order valence-electron chi connectivity index (χ3n) is 2.93. The van der Waals surface area contributed by atoms with Gasteiger partial charge in [-0.05, 0) is 19.8 Å². The zero-order chi connectivity index (χ0) is 7.41. The van der Waals surface area contributed by atoms with Crippen LogP contribution in [0.4, 0.5) is 0 Å². The van der Waals surface area contributed by atoms with Crippen LogP contribution in [0.25, 0.3) is 0 Å². The maximum Gasteiger partial charge on any atom is 0.124 e. The van der Waals surface area contributed by atoms with E-state index in [1.165, 1.54) is 0 Å². The fourth-order valence-electron chi connectivity index (χ4n) is 1.88. The van der Waals surface area contributed by atoms with Gasteiger partial charge in [-0.2, -0.15) is 0 Å². The molecule has 1 heterocycles. The van der Waals surface area contributed by atoms with Crippen LogP contribution in [0.3, 0.4) is 0 Å². The monoisotopic (exact) mass is 140 g/mol. The summed E-state index contributed by atoms with van der Waals surface area (Å²) in [4.78, 5) is 0. The smallest absolute Gasteiger partial charge is 0.124 e. The summed E-state index contributed by atoms with van der Waals surface area (Å²) >= 11 is 0. The second-order valence-corrected chi connectivity index (χ2v) is 3.38. The average molecular weight is 140 g/mol. The molecule has 3 atom stereocenters. The van der Waals surface area contributed by atoms with E-state index >= 15 is 0 Å². The van der Waals surface area contributed by atoms with E-state index in [1.54, 1.807) is 6.08 Å². The number of aliphatic hydroxyl groups is 1. The summed E-state index contributed by atoms with van der Waals surface area (Å²) in [7, 11) is 0. The molecular formula is C8H12O2. The highest BCUT2D eigenvalue weighted by molar-refractivity contribution is 5.24. The third kappa shape index (κ3) is 0.478. The van der Waals surface area contributed by atoms with Crippen LogP contribution in [0, 0.1) is 0 Å². The summed E-state index contributed by atoms with van der Waals surface area (Å²) < 4.78 is 5.33. The molecule has 2 aliphatic rings. The predicted molar refractivity (Wildman–Crippen MR) is 37.7 cm³/mol. The molecule has 0 bridgehead atoms. The van der Waals surface area contributed by atoms with Crippen LogP contribution in [0.5, 0.6) is 0 Å². The summed E-state index contributed by atoms with van der Waals surface area (Å²) in [6.07, 6.45) is 3.67. The zero-order valence-electron chi connectivity index (χ0n) is 6.13. The van der Waals surface area contributed by atoms with Gasteiger partial charge in [-0.25, -0.2) is 0 Å². The van der Waals surface area contributed by atoms with Crippen molar-refractivity contribution < 1.29 is 9.84 Å². The molecule has 1 aliphatic carbocycles. The van der Waals surface area contributed by atoms with Crippen molar-refractivity contribution >= 4 is 0 Å². The SMILES string of the molecule is C=C[C@@]1(O)CC[C@@H]2O[C@@]21C. The molecule has 1 aliphatic heterocycles. The maximum absolute atomic E-state index is 9.83. The van der Waals surface area contributed by atoms with E-state index in [2.05, 4.69) is 6.58 Å². The van der Waals surface area contributed by atoms with Crippen molar-refractivity contribution in [3.05, 3.63) is 12.7 Å². The second-order valence-electron chi connectivity index (χ2n) is 3.38. The van der Waals surface area contributed by atoms with E-state index in [4.69, 9.17) is 4.74 Å². The molecule has 2 fully saturated rings. The van der Waals surface area contributed by atoms with Crippen LogP contribution in [0.15, 0.2) is 12.7 Å². The Balaban J connectivity index is 2.31. The van der Waals surface area contributed by atoms with Crippen LogP contribution in [-0.4, -0.2) is 22.4 Å². The molecule has 0 amide bonds. The molecular weight excluding hydrogens is 128 g/mol. The number of fused-ring (bicyclic) bond motifs is 1. The van der Waals surface area contributed by atoms with Gasteiger partial charge in [-0.1, -0.05) is 6.08 Å². The van der Waals surface area contributed by atoms with Crippen molar-refractivity contribution in [3.8, 4) is 0 Å². The Morgan fingerprint density at radius 1 is 1.80 bits per heavy atom. The van der Waals surface area contributed by atoms with E-state index < -0.39 is 5.60 Å². The highest BCUT2D eigenvalue weighted by Crippen LogP contribution is 2.56. The normalized spacial score (nSPS) is 58.0. The summed E-state index contributed by atoms with van der Waals surface area (Å²) in [5, 5.41) is 9.83. The van der Waals surface area contributed by atoms with Gasteiger partial charge in [0.1, 0.15) is 11.2 Å². The molecule has 0 spiro atoms. The summed E-state index contributed by atoms with van der Waals surface area (Å²) in [5.74, 6) is 0. The Labute approximate surface area is 60.5 Å². The molecule has 0 aromatic carbocycles. The Bertz CT molecular complexity index is 188. The van der Waals surface area contributed by atoms with E-state index in [-0.39, 0.29) is 11.7 Å². The first-order chi connectivity index (χ1) is 4.62. The van der Waals surface area contributed by atoms with Gasteiger partial charge in [-0.15, -0.1) is 6.58 Å². The Kier molecular flexibility index (Phi) is 0.930. The van der Waals surface area contributed by atoms with Crippen molar-refractivity contribution in [3.63, 3.8) is 0 Å². The zero-order valence-corrected chi connectivity index (χ0v) is 6.13. The molecule has 1 saturated carbocycles. The minimum Gasteiger partial charge on any atom is -0.383 e. The van der Waals surface area contributed by atoms with Crippen LogP contribution < -0.4 is 0 Å². The number of epoxide rings is 1. The number of ether oxygens (including phenoxy) is 1. The standard InChI is InChI=1S/C8H12O2/c1-3-8(9)5-4-6-7(8,2)10-6/h3,6,9H,1,4-5H2,2H3/t6-,7-,8+/m0/s1. The number of hydrogen-bond acceptors (Lipinski definition) is 2. The summed E-state index contributed by atoms with van der Waals surface area (Å²) in [6.45, 7) is 5.56. The van der Waals surface area contributed by atoms with E-state index in [1.807, 2.05) is 6.92 Å². The highest BCUT2D eigenvalue weighted by Gasteiger charge is 2.68. The molecule has 2 nitrogen and oxygen atoms in total. The molecule has 56 valence electrons. The second kappa shape index (κ2) is 1.46. The lowest BCUT2D eigenvalue weighted by atomic mass is 9.91. The van der Waals surface area contributed by atoms with E-state index in [9.17, 15) is 5.11 Å². The van der Waals surface area contributed by atoms with E-state index in [0.717, 1.165) is 12.8 Å². The Morgan fingerprint density at radius 2 is 2.50 bits per heavy atom. The molecule has 0 aromatic heterocycles. The molecule has 10 heavy (non-hydrogen) atoms. The van der Waals surface area contributed by atoms with Crippen molar-refractivity contribution in [1.29, 1.82) is 0 Å². The fraction of sp³-hybridized carbons (Fsp3) is 0.750. The first-order valence-electron chi connectivity index (χ1n) is 3.66. The van der Waals surface area contributed by atoms with Crippen molar-refractivity contribution in [2.45, 2.75) is 37.1 Å². The molecule has 0 aromatic rings. The van der Waals surface area contributed by atoms with Crippen LogP contribution in [0.2, 0.25) is 0 Å². The number of rotatable bonds is 1. The van der Waals surface area contributed by atoms with Gasteiger partial charge in [0.2, 0.25) is 0 Å². The minimum atomic E-state index is -0.752. The van der Waals surface area contributed by atoms with E-state index in [0.29, 0.717) is 0 Å². The van der Waals surface area contributed by atoms with Gasteiger partial charge in [0.25, 0.3) is 0 Å². The number of hydrogen-bond donors (Lipinski definition) is 1. The lowest BCUT2D eigenvalue weighted by molar-refractivity contribution is 0.00635. The first kappa shape index (κ1) is 6.38. The lowest BCUT2D eigenvalue weighted by Gasteiger charge is -2.24. The lowest BCUT2D eigenvalue weighted by Crippen LogP contribution is -2.38. The van der Waals surface area contributed by atoms with Crippen molar-refractivity contribution in [2.75, 3.05) is 0 Å². The fourth-order valence-corrected chi connectivity index (χ4v) is 1.88. The molecule has 0 radical (unpaired) electrons. The van der Waals surface area contributed by atoms with Crippen molar-refractivity contribution in [2.24, 2.45) is 0 Å². The molecule has 0 unspecified atom stereocenters. The predicted octanol–water partition coefficient (Wildman–Crippen LogP) is 0.855. The maximum atomic E-state index is 9.83. The molecule has 1 N–H and O–H groups in total. The van der Waals surface area contributed by atoms with Gasteiger partial charge < -0.3 is 9.84 Å². The van der Waals surface area contributed by atoms with Crippen LogP contribution in [0.1, 0.15) is 19.8 Å². The Hall–Kier alpha value is -0.340. The van der Waals surface area contributed by atoms with Crippen LogP contribution in [-0.2, 0) is 4.74 Å². The summed E-state index contributed by atoms with van der Waals surface area (Å²) in [5.41, 5.74) is -1.05. The average Bonchev–Trinajstić information content (AvgIpc) is 2.53. The molecule has 2 heteroatoms. The summed E-state index contributed by atoms with van der Waals surface area (Å²) in [6, 6.07) is 0. The quantitative estimate of drug-likeness (QED) is 0.432. The minimum absolute atomic E-state index is 0.287. The Morgan fingerprint density at radius 3 is 2.70 bits per heavy atom. The van der Waals surface area contributed by atoms with Crippen molar-refractivity contribution in [1.82, 2.24) is 0 Å². The molecule has 2 rings (SSSR count). The van der Waals surface area contributed by atoms with Gasteiger partial charge in [0.05, 0.1) is 6.10 Å². The highest BCUT2D eigenvalue weighted by atomic mass is 16.6. The largest absolute Gasteiger partial charge is 0.383 e. The topological polar surface area (TPSA) is 32.8 Å².